The highest BCUT2D eigenvalue weighted by molar-refractivity contribution is 7.10. The molecule has 2 fully saturated rings. The summed E-state index contributed by atoms with van der Waals surface area (Å²) in [6.45, 7) is 2.54. The minimum absolute atomic E-state index is 0.0487. The Morgan fingerprint density at radius 2 is 2.00 bits per heavy atom. The van der Waals surface area contributed by atoms with Crippen LogP contribution in [-0.4, -0.2) is 55.3 Å². The lowest BCUT2D eigenvalue weighted by atomic mass is 10.0. The molecule has 1 spiro atoms. The molecule has 0 saturated carbocycles. The molecule has 0 aliphatic carbocycles. The minimum Gasteiger partial charge on any atom is -0.347 e. The molecule has 1 N–H and O–H groups in total. The number of rotatable bonds is 4. The van der Waals surface area contributed by atoms with E-state index >= 15 is 0 Å². The number of ether oxygens (including phenoxy) is 2. The van der Waals surface area contributed by atoms with Crippen LogP contribution in [0.4, 0.5) is 0 Å². The van der Waals surface area contributed by atoms with Gasteiger partial charge in [-0.1, -0.05) is 6.07 Å². The van der Waals surface area contributed by atoms with Crippen LogP contribution in [-0.2, 0) is 25.5 Å². The molecule has 120 valence electrons. The van der Waals surface area contributed by atoms with Gasteiger partial charge in [0.05, 0.1) is 26.2 Å². The van der Waals surface area contributed by atoms with Crippen molar-refractivity contribution in [3.63, 3.8) is 0 Å². The number of thiophene rings is 1. The highest BCUT2D eigenvalue weighted by Crippen LogP contribution is 2.31. The average Bonchev–Trinajstić information content (AvgIpc) is 3.18. The first kappa shape index (κ1) is 15.5. The number of nitrogens with one attached hydrogen (secondary N) is 1. The van der Waals surface area contributed by atoms with E-state index in [4.69, 9.17) is 9.47 Å². The van der Waals surface area contributed by atoms with E-state index in [2.05, 4.69) is 5.32 Å². The zero-order valence-corrected chi connectivity index (χ0v) is 13.2. The van der Waals surface area contributed by atoms with E-state index < -0.39 is 5.79 Å². The molecule has 2 aliphatic heterocycles. The van der Waals surface area contributed by atoms with Crippen LogP contribution in [0.1, 0.15) is 17.7 Å². The zero-order valence-electron chi connectivity index (χ0n) is 12.4. The summed E-state index contributed by atoms with van der Waals surface area (Å²) in [5, 5.41) is 4.63. The highest BCUT2D eigenvalue weighted by atomic mass is 32.1. The number of piperidine rings is 1. The Bertz CT molecular complexity index is 516. The molecule has 2 aliphatic rings. The summed E-state index contributed by atoms with van der Waals surface area (Å²) in [5.41, 5.74) is 0. The van der Waals surface area contributed by atoms with Crippen molar-refractivity contribution >= 4 is 23.2 Å². The molecular formula is C15H20N2O4S. The SMILES string of the molecule is O=C(Cc1cccs1)NCC(=O)N1CCC2(CC1)OCCO2. The lowest BCUT2D eigenvalue weighted by Gasteiger charge is -2.37. The quantitative estimate of drug-likeness (QED) is 0.888. The van der Waals surface area contributed by atoms with Crippen LogP contribution >= 0.6 is 11.3 Å². The number of likely N-dealkylation sites (tertiary alicyclic amines) is 1. The van der Waals surface area contributed by atoms with Gasteiger partial charge in [0.1, 0.15) is 0 Å². The van der Waals surface area contributed by atoms with Gasteiger partial charge in [-0.25, -0.2) is 0 Å². The molecular weight excluding hydrogens is 304 g/mol. The van der Waals surface area contributed by atoms with Crippen molar-refractivity contribution in [2.45, 2.75) is 25.0 Å². The summed E-state index contributed by atoms with van der Waals surface area (Å²) < 4.78 is 11.3. The van der Waals surface area contributed by atoms with E-state index in [-0.39, 0.29) is 18.4 Å². The van der Waals surface area contributed by atoms with Crippen LogP contribution in [0.15, 0.2) is 17.5 Å². The fraction of sp³-hybridized carbons (Fsp3) is 0.600. The van der Waals surface area contributed by atoms with Crippen molar-refractivity contribution in [1.82, 2.24) is 10.2 Å². The first-order chi connectivity index (χ1) is 10.7. The third-order valence-corrected chi connectivity index (χ3v) is 4.92. The Hall–Kier alpha value is -1.44. The van der Waals surface area contributed by atoms with Crippen LogP contribution in [0, 0.1) is 0 Å². The second kappa shape index (κ2) is 6.76. The van der Waals surface area contributed by atoms with Crippen LogP contribution < -0.4 is 5.32 Å². The maximum Gasteiger partial charge on any atom is 0.241 e. The smallest absolute Gasteiger partial charge is 0.241 e. The van der Waals surface area contributed by atoms with Gasteiger partial charge >= 0.3 is 0 Å². The molecule has 0 atom stereocenters. The highest BCUT2D eigenvalue weighted by Gasteiger charge is 2.40. The number of carbonyl (C=O) groups is 2. The minimum atomic E-state index is -0.473. The monoisotopic (exact) mass is 324 g/mol. The van der Waals surface area contributed by atoms with Crippen LogP contribution in [0.2, 0.25) is 0 Å². The molecule has 0 bridgehead atoms. The summed E-state index contributed by atoms with van der Waals surface area (Å²) >= 11 is 1.54. The van der Waals surface area contributed by atoms with Gasteiger partial charge in [0.15, 0.2) is 5.79 Å². The Morgan fingerprint density at radius 1 is 1.27 bits per heavy atom. The Morgan fingerprint density at radius 3 is 2.64 bits per heavy atom. The third kappa shape index (κ3) is 3.66. The fourth-order valence-electron chi connectivity index (χ4n) is 2.80. The molecule has 1 aromatic rings. The number of nitrogens with zero attached hydrogens (tertiary/aromatic N) is 1. The number of carbonyl (C=O) groups excluding carboxylic acids is 2. The Kier molecular flexibility index (Phi) is 4.75. The molecule has 6 nitrogen and oxygen atoms in total. The van der Waals surface area contributed by atoms with Crippen molar-refractivity contribution < 1.29 is 19.1 Å². The van der Waals surface area contributed by atoms with E-state index in [1.807, 2.05) is 17.5 Å². The molecule has 3 heterocycles. The maximum absolute atomic E-state index is 12.1. The third-order valence-electron chi connectivity index (χ3n) is 4.04. The van der Waals surface area contributed by atoms with Crippen LogP contribution in [0.25, 0.3) is 0 Å². The van der Waals surface area contributed by atoms with Crippen LogP contribution in [0.5, 0.6) is 0 Å². The first-order valence-electron chi connectivity index (χ1n) is 7.52. The topological polar surface area (TPSA) is 67.9 Å². The van der Waals surface area contributed by atoms with Crippen molar-refractivity contribution in [2.24, 2.45) is 0 Å². The lowest BCUT2D eigenvalue weighted by molar-refractivity contribution is -0.187. The molecule has 0 aromatic carbocycles. The second-order valence-corrected chi connectivity index (χ2v) is 6.55. The molecule has 1 aromatic heterocycles. The summed E-state index contributed by atoms with van der Waals surface area (Å²) in [7, 11) is 0. The van der Waals surface area contributed by atoms with Gasteiger partial charge in [-0.2, -0.15) is 0 Å². The first-order valence-corrected chi connectivity index (χ1v) is 8.40. The average molecular weight is 324 g/mol. The van der Waals surface area contributed by atoms with E-state index in [9.17, 15) is 9.59 Å². The predicted molar refractivity (Wildman–Crippen MR) is 81.5 cm³/mol. The maximum atomic E-state index is 12.1. The predicted octanol–water partition coefficient (Wildman–Crippen LogP) is 0.772. The van der Waals surface area contributed by atoms with Crippen molar-refractivity contribution in [1.29, 1.82) is 0 Å². The van der Waals surface area contributed by atoms with Crippen molar-refractivity contribution in [3.8, 4) is 0 Å². The molecule has 0 radical (unpaired) electrons. The van der Waals surface area contributed by atoms with Gasteiger partial charge in [0, 0.05) is 30.8 Å². The normalized spacial score (nSPS) is 20.3. The Balaban J connectivity index is 1.40. The molecule has 2 amide bonds. The molecule has 0 unspecified atom stereocenters. The van der Waals surface area contributed by atoms with E-state index in [0.717, 1.165) is 4.88 Å². The van der Waals surface area contributed by atoms with Gasteiger partial charge < -0.3 is 19.7 Å². The molecule has 22 heavy (non-hydrogen) atoms. The Labute approximate surface area is 133 Å². The summed E-state index contributed by atoms with van der Waals surface area (Å²) in [4.78, 5) is 26.7. The molecule has 2 saturated heterocycles. The number of hydrogen-bond acceptors (Lipinski definition) is 5. The van der Waals surface area contributed by atoms with Gasteiger partial charge in [0.25, 0.3) is 0 Å². The van der Waals surface area contributed by atoms with Gasteiger partial charge in [-0.05, 0) is 11.4 Å². The van der Waals surface area contributed by atoms with Crippen molar-refractivity contribution in [2.75, 3.05) is 32.8 Å². The second-order valence-electron chi connectivity index (χ2n) is 5.52. The van der Waals surface area contributed by atoms with E-state index in [1.165, 1.54) is 0 Å². The van der Waals surface area contributed by atoms with E-state index in [0.29, 0.717) is 45.6 Å². The van der Waals surface area contributed by atoms with Crippen LogP contribution in [0.3, 0.4) is 0 Å². The molecule has 7 heteroatoms. The number of amides is 2. The summed E-state index contributed by atoms with van der Waals surface area (Å²) in [6.07, 6.45) is 1.72. The van der Waals surface area contributed by atoms with Crippen molar-refractivity contribution in [3.05, 3.63) is 22.4 Å². The fourth-order valence-corrected chi connectivity index (χ4v) is 3.51. The number of hydrogen-bond donors (Lipinski definition) is 1. The van der Waals surface area contributed by atoms with Gasteiger partial charge in [0.2, 0.25) is 11.8 Å². The largest absolute Gasteiger partial charge is 0.347 e. The van der Waals surface area contributed by atoms with Gasteiger partial charge in [-0.3, -0.25) is 9.59 Å². The van der Waals surface area contributed by atoms with E-state index in [1.54, 1.807) is 16.2 Å². The standard InChI is InChI=1S/C15H20N2O4S/c18-13(10-12-2-1-9-22-12)16-11-14(19)17-5-3-15(4-6-17)20-7-8-21-15/h1-2,9H,3-8,10-11H2,(H,16,18). The summed E-state index contributed by atoms with van der Waals surface area (Å²) in [5.74, 6) is -0.641. The molecule has 3 rings (SSSR count). The lowest BCUT2D eigenvalue weighted by Crippen LogP contribution is -2.49. The summed E-state index contributed by atoms with van der Waals surface area (Å²) in [6, 6.07) is 3.83. The van der Waals surface area contributed by atoms with Gasteiger partial charge in [-0.15, -0.1) is 11.3 Å². The zero-order chi connectivity index (χ0) is 15.4.